The smallest absolute Gasteiger partial charge is 0.412 e. The molecule has 8 nitrogen and oxygen atoms in total. The highest BCUT2D eigenvalue weighted by molar-refractivity contribution is 5.94. The monoisotopic (exact) mass is 515 g/mol. The molecule has 0 aliphatic carbocycles. The zero-order chi connectivity index (χ0) is 27.8. The molecule has 198 valence electrons. The molecule has 2 N–H and O–H groups in total. The number of nitrogens with zero attached hydrogens (tertiary/aromatic N) is 2. The van der Waals surface area contributed by atoms with Crippen LogP contribution in [0.25, 0.3) is 27.8 Å². The number of hydrogen-bond acceptors (Lipinski definition) is 5. The Hall–Kier alpha value is -4.20. The topological polar surface area (TPSA) is 93.4 Å². The summed E-state index contributed by atoms with van der Waals surface area (Å²) in [5, 5.41) is 5.76. The van der Waals surface area contributed by atoms with Crippen LogP contribution in [0.2, 0.25) is 0 Å². The lowest BCUT2D eigenvalue weighted by Crippen LogP contribution is -2.34. The fourth-order valence-corrected chi connectivity index (χ4v) is 4.20. The summed E-state index contributed by atoms with van der Waals surface area (Å²) in [7, 11) is 0. The molecule has 4 rings (SSSR count). The second kappa shape index (κ2) is 9.93. The van der Waals surface area contributed by atoms with Crippen LogP contribution in [0.3, 0.4) is 0 Å². The Morgan fingerprint density at radius 1 is 0.763 bits per heavy atom. The maximum Gasteiger partial charge on any atom is 0.412 e. The number of amides is 2. The Labute approximate surface area is 223 Å². The fraction of sp³-hybridized carbons (Fsp3) is 0.333. The standard InChI is InChI=1S/C30H34N4O4/c1-18-16-24-25(17-23(18)33-28(36)38-30(6,7)8)34(20-12-10-9-11-13-20)26-19(2)21(14-15-22(26)31-24)32-27(35)37-29(3,4)5/h9-17H,1-8H3,(H,32,33,35,36)/p+1. The predicted octanol–water partition coefficient (Wildman–Crippen LogP) is 6.98. The molecule has 1 aromatic heterocycles. The van der Waals surface area contributed by atoms with Crippen LogP contribution < -0.4 is 15.2 Å². The third-order valence-electron chi connectivity index (χ3n) is 5.72. The summed E-state index contributed by atoms with van der Waals surface area (Å²) in [6, 6.07) is 17.5. The number of hydrogen-bond donors (Lipinski definition) is 2. The van der Waals surface area contributed by atoms with E-state index in [9.17, 15) is 9.59 Å². The lowest BCUT2D eigenvalue weighted by atomic mass is 10.1. The molecule has 0 spiro atoms. The van der Waals surface area contributed by atoms with Gasteiger partial charge in [0.1, 0.15) is 22.2 Å². The molecule has 8 heteroatoms. The number of fused-ring (bicyclic) bond motifs is 2. The Bertz CT molecular complexity index is 1530. The Morgan fingerprint density at radius 3 is 1.92 bits per heavy atom. The van der Waals surface area contributed by atoms with Crippen LogP contribution in [-0.4, -0.2) is 28.4 Å². The highest BCUT2D eigenvalue weighted by Gasteiger charge is 2.26. The Kier molecular flexibility index (Phi) is 7.02. The third-order valence-corrected chi connectivity index (χ3v) is 5.72. The first kappa shape index (κ1) is 26.9. The van der Waals surface area contributed by atoms with Gasteiger partial charge in [-0.05, 0) is 79.2 Å². The van der Waals surface area contributed by atoms with Gasteiger partial charge in [-0.2, -0.15) is 0 Å². The van der Waals surface area contributed by atoms with Crippen molar-refractivity contribution in [3.8, 4) is 5.69 Å². The number of benzene rings is 3. The van der Waals surface area contributed by atoms with Gasteiger partial charge < -0.3 is 9.47 Å². The highest BCUT2D eigenvalue weighted by atomic mass is 16.6. The van der Waals surface area contributed by atoms with Crippen molar-refractivity contribution in [2.45, 2.75) is 66.6 Å². The lowest BCUT2D eigenvalue weighted by molar-refractivity contribution is -0.538. The summed E-state index contributed by atoms with van der Waals surface area (Å²) in [6.45, 7) is 14.8. The zero-order valence-corrected chi connectivity index (χ0v) is 23.2. The van der Waals surface area contributed by atoms with Crippen LogP contribution in [0.15, 0.2) is 54.6 Å². The number of carbonyl (C=O) groups is 2. The summed E-state index contributed by atoms with van der Waals surface area (Å²) in [6.07, 6.45) is -1.06. The second-order valence-electron chi connectivity index (χ2n) is 11.3. The summed E-state index contributed by atoms with van der Waals surface area (Å²) >= 11 is 0. The van der Waals surface area contributed by atoms with Gasteiger partial charge in [0.25, 0.3) is 0 Å². The molecule has 0 atom stereocenters. The molecular weight excluding hydrogens is 480 g/mol. The SMILES string of the molecule is Cc1cc2nc3ccc(NC(=O)OC(C)(C)C)c(C)c3[n+](-c3ccccc3)c2cc1NC(=O)OC(C)(C)C. The zero-order valence-electron chi connectivity index (χ0n) is 23.2. The van der Waals surface area contributed by atoms with E-state index in [2.05, 4.69) is 15.2 Å². The number of aromatic nitrogens is 2. The highest BCUT2D eigenvalue weighted by Crippen LogP contribution is 2.29. The van der Waals surface area contributed by atoms with Crippen molar-refractivity contribution in [3.63, 3.8) is 0 Å². The average Bonchev–Trinajstić information content (AvgIpc) is 2.78. The number of para-hydroxylation sites is 1. The maximum atomic E-state index is 12.6. The van der Waals surface area contributed by atoms with Gasteiger partial charge >= 0.3 is 12.2 Å². The van der Waals surface area contributed by atoms with Gasteiger partial charge in [0.2, 0.25) is 16.7 Å². The van der Waals surface area contributed by atoms with E-state index >= 15 is 0 Å². The molecule has 0 unspecified atom stereocenters. The van der Waals surface area contributed by atoms with Crippen LogP contribution >= 0.6 is 0 Å². The predicted molar refractivity (Wildman–Crippen MR) is 150 cm³/mol. The molecular formula is C30H35N4O4+. The number of nitrogens with one attached hydrogen (secondary N) is 2. The van der Waals surface area contributed by atoms with Crippen LogP contribution in [0.4, 0.5) is 21.0 Å². The van der Waals surface area contributed by atoms with Crippen LogP contribution in [0.5, 0.6) is 0 Å². The molecule has 38 heavy (non-hydrogen) atoms. The lowest BCUT2D eigenvalue weighted by Gasteiger charge is -2.20. The Morgan fingerprint density at radius 2 is 1.34 bits per heavy atom. The molecule has 3 aromatic carbocycles. The first-order chi connectivity index (χ1) is 17.7. The minimum absolute atomic E-state index is 0.528. The van der Waals surface area contributed by atoms with Gasteiger partial charge in [0, 0.05) is 23.8 Å². The van der Waals surface area contributed by atoms with Crippen molar-refractivity contribution in [1.82, 2.24) is 4.98 Å². The molecule has 0 saturated carbocycles. The summed E-state index contributed by atoms with van der Waals surface area (Å²) in [5.74, 6) is 0. The number of anilines is 2. The molecule has 1 heterocycles. The van der Waals surface area contributed by atoms with Crippen LogP contribution in [-0.2, 0) is 9.47 Å². The largest absolute Gasteiger partial charge is 0.444 e. The number of carbonyl (C=O) groups excluding carboxylic acids is 2. The van der Waals surface area contributed by atoms with Gasteiger partial charge in [0.15, 0.2) is 0 Å². The molecule has 0 aliphatic rings. The maximum absolute atomic E-state index is 12.6. The van der Waals surface area contributed by atoms with E-state index in [1.165, 1.54) is 0 Å². The molecule has 0 fully saturated rings. The normalized spacial score (nSPS) is 11.9. The molecule has 0 saturated heterocycles. The molecule has 0 bridgehead atoms. The quantitative estimate of drug-likeness (QED) is 0.227. The first-order valence-electron chi connectivity index (χ1n) is 12.6. The summed E-state index contributed by atoms with van der Waals surface area (Å²) in [5.41, 5.74) is 5.74. The van der Waals surface area contributed by atoms with Crippen molar-refractivity contribution in [1.29, 1.82) is 0 Å². The number of ether oxygens (including phenoxy) is 2. The summed E-state index contributed by atoms with van der Waals surface area (Å²) in [4.78, 5) is 30.1. The van der Waals surface area contributed by atoms with E-state index in [4.69, 9.17) is 14.5 Å². The average molecular weight is 516 g/mol. The first-order valence-corrected chi connectivity index (χ1v) is 12.6. The number of aryl methyl sites for hydroxylation is 2. The minimum atomic E-state index is -0.620. The molecule has 2 amide bonds. The van der Waals surface area contributed by atoms with Gasteiger partial charge in [0.05, 0.1) is 11.4 Å². The van der Waals surface area contributed by atoms with Crippen molar-refractivity contribution in [2.24, 2.45) is 0 Å². The fourth-order valence-electron chi connectivity index (χ4n) is 4.20. The van der Waals surface area contributed by atoms with Crippen molar-refractivity contribution in [2.75, 3.05) is 10.6 Å². The van der Waals surface area contributed by atoms with E-state index in [1.54, 1.807) is 0 Å². The van der Waals surface area contributed by atoms with Crippen LogP contribution in [0.1, 0.15) is 52.7 Å². The van der Waals surface area contributed by atoms with Crippen molar-refractivity contribution >= 4 is 45.6 Å². The molecule has 4 aromatic rings. The summed E-state index contributed by atoms with van der Waals surface area (Å²) < 4.78 is 13.0. The third kappa shape index (κ3) is 6.02. The van der Waals surface area contributed by atoms with Gasteiger partial charge in [-0.1, -0.05) is 18.2 Å². The second-order valence-corrected chi connectivity index (χ2v) is 11.3. The van der Waals surface area contributed by atoms with E-state index in [-0.39, 0.29) is 0 Å². The number of rotatable bonds is 3. The van der Waals surface area contributed by atoms with E-state index in [0.29, 0.717) is 11.4 Å². The van der Waals surface area contributed by atoms with Crippen LogP contribution in [0, 0.1) is 13.8 Å². The minimum Gasteiger partial charge on any atom is -0.444 e. The molecule has 0 aliphatic heterocycles. The van der Waals surface area contributed by atoms with Crippen molar-refractivity contribution in [3.05, 3.63) is 65.7 Å². The van der Waals surface area contributed by atoms with Gasteiger partial charge in [-0.25, -0.2) is 14.6 Å². The molecule has 0 radical (unpaired) electrons. The van der Waals surface area contributed by atoms with Gasteiger partial charge in [-0.15, -0.1) is 4.57 Å². The van der Waals surface area contributed by atoms with E-state index < -0.39 is 23.4 Å². The Balaban J connectivity index is 1.93. The van der Waals surface area contributed by atoms with Crippen molar-refractivity contribution < 1.29 is 23.6 Å². The van der Waals surface area contributed by atoms with E-state index in [1.807, 2.05) is 110 Å². The van der Waals surface area contributed by atoms with E-state index in [0.717, 1.165) is 38.9 Å². The van der Waals surface area contributed by atoms with Gasteiger partial charge in [-0.3, -0.25) is 10.6 Å².